The highest BCUT2D eigenvalue weighted by atomic mass is 16.3. The first kappa shape index (κ1) is 8.82. The second kappa shape index (κ2) is 6.70. The molecule has 128 valence electrons. The van der Waals surface area contributed by atoms with Crippen molar-refractivity contribution in [3.63, 3.8) is 0 Å². The Labute approximate surface area is 149 Å². The molecule has 1 heterocycles. The molecule has 7 nitrogen and oxygen atoms in total. The van der Waals surface area contributed by atoms with E-state index in [1.165, 1.54) is 0 Å². The molecule has 0 bridgehead atoms. The van der Waals surface area contributed by atoms with Crippen LogP contribution in [0.5, 0.6) is 0 Å². The molecule has 5 N–H and O–H groups in total. The predicted octanol–water partition coefficient (Wildman–Crippen LogP) is 1.75. The summed E-state index contributed by atoms with van der Waals surface area (Å²) in [5.74, 6) is -4.76. The van der Waals surface area contributed by atoms with Gasteiger partial charge in [-0.25, -0.2) is 4.98 Å². The summed E-state index contributed by atoms with van der Waals surface area (Å²) in [7, 11) is 0. The van der Waals surface area contributed by atoms with Gasteiger partial charge < -0.3 is 21.5 Å². The number of rotatable bonds is 4. The lowest BCUT2D eigenvalue weighted by molar-refractivity contribution is 0.0739. The van der Waals surface area contributed by atoms with Crippen molar-refractivity contribution in [1.29, 1.82) is 0 Å². The number of anilines is 2. The number of hydrogen-bond donors (Lipinski definition) is 4. The second-order valence-electron chi connectivity index (χ2n) is 6.14. The third-order valence-corrected chi connectivity index (χ3v) is 2.88. The molecule has 0 radical (unpaired) electrons. The number of amides is 1. The maximum Gasteiger partial charge on any atom is 0.254 e. The number of hydrogen-bond acceptors (Lipinski definition) is 6. The second-order valence-corrected chi connectivity index (χ2v) is 6.14. The van der Waals surface area contributed by atoms with Gasteiger partial charge in [-0.15, -0.1) is 0 Å². The van der Waals surface area contributed by atoms with Crippen molar-refractivity contribution in [2.75, 3.05) is 10.6 Å². The number of nitrogens with one attached hydrogen (secondary N) is 2. The molecule has 1 fully saturated rings. The van der Waals surface area contributed by atoms with Gasteiger partial charge in [-0.3, -0.25) is 4.79 Å². The number of nitrogens with zero attached hydrogens (tertiary/aromatic N) is 2. The van der Waals surface area contributed by atoms with E-state index < -0.39 is 55.5 Å². The van der Waals surface area contributed by atoms with Gasteiger partial charge in [-0.2, -0.15) is 4.98 Å². The highest BCUT2D eigenvalue weighted by Crippen LogP contribution is 2.27. The van der Waals surface area contributed by atoms with Gasteiger partial charge in [0.05, 0.1) is 13.0 Å². The molecule has 3 atom stereocenters. The molecule has 1 aromatic rings. The first-order chi connectivity index (χ1) is 14.1. The van der Waals surface area contributed by atoms with Crippen LogP contribution in [0.3, 0.4) is 0 Å². The molecule has 0 spiro atoms. The van der Waals surface area contributed by atoms with Crippen molar-refractivity contribution < 1.29 is 22.2 Å². The Morgan fingerprint density at radius 2 is 2.35 bits per heavy atom. The molecule has 7 heteroatoms. The lowest BCUT2D eigenvalue weighted by Crippen LogP contribution is -2.36. The molecule has 1 aliphatic carbocycles. The zero-order valence-corrected chi connectivity index (χ0v) is 13.2. The minimum Gasteiger partial charge on any atom is -0.393 e. The van der Waals surface area contributed by atoms with Crippen LogP contribution >= 0.6 is 0 Å². The summed E-state index contributed by atoms with van der Waals surface area (Å²) in [5.41, 5.74) is 4.57. The lowest BCUT2D eigenvalue weighted by Gasteiger charge is -2.32. The van der Waals surface area contributed by atoms with Gasteiger partial charge in [-0.1, -0.05) is 6.85 Å². The molecule has 23 heavy (non-hydrogen) atoms. The molecule has 1 aliphatic rings. The third kappa shape index (κ3) is 4.79. The minimum absolute atomic E-state index is 0.0304. The average Bonchev–Trinajstić information content (AvgIpc) is 2.56. The van der Waals surface area contributed by atoms with Crippen LogP contribution in [0.4, 0.5) is 11.8 Å². The van der Waals surface area contributed by atoms with E-state index in [0.717, 1.165) is 6.20 Å². The smallest absolute Gasteiger partial charge is 0.254 e. The summed E-state index contributed by atoms with van der Waals surface area (Å²) in [6.45, 7) is 1.90. The number of aromatic nitrogens is 2. The van der Waals surface area contributed by atoms with Crippen LogP contribution in [0.15, 0.2) is 6.20 Å². The van der Waals surface area contributed by atoms with Crippen LogP contribution in [0.2, 0.25) is 0 Å². The summed E-state index contributed by atoms with van der Waals surface area (Å²) in [6.07, 6.45) is -9.76. The third-order valence-electron chi connectivity index (χ3n) is 2.88. The van der Waals surface area contributed by atoms with Gasteiger partial charge in [0.1, 0.15) is 5.82 Å². The molecule has 0 aromatic carbocycles. The van der Waals surface area contributed by atoms with E-state index in [2.05, 4.69) is 20.6 Å². The maximum atomic E-state index is 11.8. The van der Waals surface area contributed by atoms with E-state index in [-0.39, 0.29) is 17.3 Å². The van der Waals surface area contributed by atoms with Crippen LogP contribution in [-0.2, 0) is 0 Å². The predicted molar refractivity (Wildman–Crippen MR) is 90.4 cm³/mol. The molecule has 2 rings (SSSR count). The monoisotopic (exact) mass is 330 g/mol. The van der Waals surface area contributed by atoms with Crippen LogP contribution < -0.4 is 16.4 Å². The minimum atomic E-state index is -3.71. The Balaban J connectivity index is 2.59. The number of carbonyl (C=O) groups excluding carboxylic acids is 1. The van der Waals surface area contributed by atoms with Crippen molar-refractivity contribution in [3.05, 3.63) is 11.8 Å². The summed E-state index contributed by atoms with van der Waals surface area (Å²) in [6, 6.07) is -1.75. The zero-order chi connectivity index (χ0) is 25.1. The normalized spacial score (nSPS) is 42.1. The lowest BCUT2D eigenvalue weighted by atomic mass is 9.85. The topological polar surface area (TPSA) is 113 Å². The van der Waals surface area contributed by atoms with Crippen molar-refractivity contribution in [2.24, 2.45) is 11.6 Å². The van der Waals surface area contributed by atoms with E-state index in [1.807, 2.05) is 20.8 Å². The summed E-state index contributed by atoms with van der Waals surface area (Å²) < 4.78 is 71.8. The Morgan fingerprint density at radius 3 is 2.96 bits per heavy atom. The molecule has 0 saturated heterocycles. The Bertz CT molecular complexity index is 901. The van der Waals surface area contributed by atoms with Crippen molar-refractivity contribution in [2.45, 2.75) is 64.5 Å². The number of nitrogens with two attached hydrogens (primary N) is 1. The van der Waals surface area contributed by atoms with Crippen LogP contribution in [-0.4, -0.2) is 38.6 Å². The highest BCUT2D eigenvalue weighted by molar-refractivity contribution is 5.97. The van der Waals surface area contributed by atoms with Gasteiger partial charge >= 0.3 is 0 Å². The van der Waals surface area contributed by atoms with Crippen molar-refractivity contribution >= 4 is 17.7 Å². The first-order valence-electron chi connectivity index (χ1n) is 11.5. The number of aliphatic hydroxyl groups is 1. The van der Waals surface area contributed by atoms with E-state index >= 15 is 0 Å². The van der Waals surface area contributed by atoms with Crippen molar-refractivity contribution in [1.82, 2.24) is 9.97 Å². The Morgan fingerprint density at radius 1 is 1.61 bits per heavy atom. The van der Waals surface area contributed by atoms with E-state index in [1.54, 1.807) is 0 Å². The van der Waals surface area contributed by atoms with Gasteiger partial charge in [0.25, 0.3) is 5.91 Å². The zero-order valence-electron chi connectivity index (χ0n) is 22.2. The van der Waals surface area contributed by atoms with Gasteiger partial charge in [-0.05, 0) is 45.8 Å². The molecule has 3 unspecified atom stereocenters. The molecular formula is C16H27N5O2. The standard InChI is InChI=1S/C16H27N5O2/c1-9-5-6-10(7-12(9)22)19-14-11(13(17)23)8-18-15(20-14)21-16(2,3)4/h8-10,12,22H,5-7H2,1-4H3,(H2,17,23)(H2,18,19,20,21)/i1D3,5D2,7D2,9D,12D. The first-order valence-corrected chi connectivity index (χ1v) is 7.02. The SMILES string of the molecule is [2H]C([2H])([2H])C1([2H])C([2H])([2H])CC(Nc2nc(NC(C)(C)C)ncc2C(N)=O)C([2H])([2H])C1([2H])O. The van der Waals surface area contributed by atoms with Gasteiger partial charge in [0.2, 0.25) is 5.95 Å². The van der Waals surface area contributed by atoms with Crippen LogP contribution in [0, 0.1) is 5.89 Å². The van der Waals surface area contributed by atoms with Crippen LogP contribution in [0.1, 0.15) is 69.5 Å². The number of carbonyl (C=O) groups is 1. The Kier molecular flexibility index (Phi) is 2.57. The fraction of sp³-hybridized carbons (Fsp3) is 0.688. The maximum absolute atomic E-state index is 11.8. The fourth-order valence-corrected chi connectivity index (χ4v) is 1.90. The summed E-state index contributed by atoms with van der Waals surface area (Å²) in [5, 5.41) is 16.1. The van der Waals surface area contributed by atoms with Crippen molar-refractivity contribution in [3.8, 4) is 0 Å². The fourth-order valence-electron chi connectivity index (χ4n) is 1.90. The number of primary amides is 1. The quantitative estimate of drug-likeness (QED) is 0.669. The van der Waals surface area contributed by atoms with E-state index in [0.29, 0.717) is 0 Å². The van der Waals surface area contributed by atoms with Gasteiger partial charge in [0.15, 0.2) is 0 Å². The Hall–Kier alpha value is -1.89. The summed E-state index contributed by atoms with van der Waals surface area (Å²) in [4.78, 5) is 19.9. The molecule has 1 saturated carbocycles. The van der Waals surface area contributed by atoms with Crippen LogP contribution in [0.25, 0.3) is 0 Å². The molecule has 0 aliphatic heterocycles. The summed E-state index contributed by atoms with van der Waals surface area (Å²) >= 11 is 0. The molecule has 1 amide bonds. The largest absolute Gasteiger partial charge is 0.393 e. The van der Waals surface area contributed by atoms with E-state index in [4.69, 9.17) is 18.1 Å². The molecular weight excluding hydrogens is 294 g/mol. The average molecular weight is 330 g/mol. The van der Waals surface area contributed by atoms with E-state index in [9.17, 15) is 9.90 Å². The molecule has 1 aromatic heterocycles. The highest BCUT2D eigenvalue weighted by Gasteiger charge is 2.27. The van der Waals surface area contributed by atoms with Gasteiger partial charge in [0, 0.05) is 28.7 Å².